The van der Waals surface area contributed by atoms with Gasteiger partial charge in [0.1, 0.15) is 17.1 Å². The molecule has 8 nitrogen and oxygen atoms in total. The highest BCUT2D eigenvalue weighted by molar-refractivity contribution is 5.90. The van der Waals surface area contributed by atoms with Crippen LogP contribution in [0.15, 0.2) is 21.3 Å². The van der Waals surface area contributed by atoms with Crippen LogP contribution in [-0.2, 0) is 31.9 Å². The molecule has 0 unspecified atom stereocenters. The van der Waals surface area contributed by atoms with E-state index in [-0.39, 0.29) is 43.4 Å². The first-order valence-electron chi connectivity index (χ1n) is 9.22. The zero-order valence-electron chi connectivity index (χ0n) is 15.9. The minimum atomic E-state index is -0.521. The van der Waals surface area contributed by atoms with E-state index < -0.39 is 11.9 Å². The molecule has 2 aromatic rings. The van der Waals surface area contributed by atoms with Gasteiger partial charge in [0.25, 0.3) is 0 Å². The Morgan fingerprint density at radius 2 is 1.61 bits per heavy atom. The highest BCUT2D eigenvalue weighted by Crippen LogP contribution is 2.37. The van der Waals surface area contributed by atoms with E-state index in [0.717, 1.165) is 18.4 Å². The van der Waals surface area contributed by atoms with Crippen molar-refractivity contribution in [2.24, 2.45) is 0 Å². The first-order valence-corrected chi connectivity index (χ1v) is 9.22. The Balaban J connectivity index is 1.97. The van der Waals surface area contributed by atoms with Crippen LogP contribution in [0, 0.1) is 0 Å². The van der Waals surface area contributed by atoms with Gasteiger partial charge in [-0.25, -0.2) is 14.4 Å². The lowest BCUT2D eigenvalue weighted by molar-refractivity contribution is -0.146. The monoisotopic (exact) mass is 390 g/mol. The maximum absolute atomic E-state index is 12.3. The molecule has 0 spiro atoms. The number of aryl methyl sites for hydroxylation is 1. The van der Waals surface area contributed by atoms with Crippen molar-refractivity contribution in [1.82, 2.24) is 0 Å². The summed E-state index contributed by atoms with van der Waals surface area (Å²) in [5.41, 5.74) is 1.39. The van der Waals surface area contributed by atoms with Gasteiger partial charge in [-0.1, -0.05) is 0 Å². The second-order valence-electron chi connectivity index (χ2n) is 6.18. The van der Waals surface area contributed by atoms with Crippen LogP contribution in [0.1, 0.15) is 31.4 Å². The standard InChI is InChI=1S/C20H22O8/c1-3-24-17(21)10-26-12-8-15(27-11-18(22)25-4-2)19-13-6-5-7-14(13)20(23)28-16(19)9-12/h8-9H,3-7,10-11H2,1-2H3. The second kappa shape index (κ2) is 8.77. The first kappa shape index (κ1) is 19.7. The molecule has 0 bridgehead atoms. The summed E-state index contributed by atoms with van der Waals surface area (Å²) in [5.74, 6) is -0.429. The number of ether oxygens (including phenoxy) is 4. The predicted octanol–water partition coefficient (Wildman–Crippen LogP) is 2.17. The zero-order chi connectivity index (χ0) is 20.1. The van der Waals surface area contributed by atoms with Crippen molar-refractivity contribution in [3.8, 4) is 11.5 Å². The van der Waals surface area contributed by atoms with Crippen molar-refractivity contribution < 1.29 is 33.0 Å². The average Bonchev–Trinajstić information content (AvgIpc) is 3.15. The van der Waals surface area contributed by atoms with Crippen molar-refractivity contribution in [3.63, 3.8) is 0 Å². The summed E-state index contributed by atoms with van der Waals surface area (Å²) in [6, 6.07) is 3.10. The molecule has 1 aromatic carbocycles. The van der Waals surface area contributed by atoms with Gasteiger partial charge in [0, 0.05) is 17.7 Å². The lowest BCUT2D eigenvalue weighted by Gasteiger charge is -2.14. The fourth-order valence-electron chi connectivity index (χ4n) is 3.23. The van der Waals surface area contributed by atoms with E-state index >= 15 is 0 Å². The molecule has 1 aliphatic carbocycles. The third-order valence-electron chi connectivity index (χ3n) is 4.32. The minimum absolute atomic E-state index is 0.245. The maximum Gasteiger partial charge on any atom is 0.344 e. The van der Waals surface area contributed by atoms with Crippen LogP contribution in [-0.4, -0.2) is 38.4 Å². The van der Waals surface area contributed by atoms with Crippen molar-refractivity contribution in [2.75, 3.05) is 26.4 Å². The Kier molecular flexibility index (Phi) is 6.18. The van der Waals surface area contributed by atoms with Gasteiger partial charge in [-0.15, -0.1) is 0 Å². The molecule has 1 heterocycles. The number of carbonyl (C=O) groups excluding carboxylic acids is 2. The van der Waals surface area contributed by atoms with Gasteiger partial charge in [0.15, 0.2) is 13.2 Å². The Labute approximate surface area is 161 Å². The Hall–Kier alpha value is -3.03. The molecule has 0 saturated heterocycles. The van der Waals surface area contributed by atoms with Crippen LogP contribution >= 0.6 is 0 Å². The van der Waals surface area contributed by atoms with Crippen LogP contribution in [0.5, 0.6) is 11.5 Å². The van der Waals surface area contributed by atoms with E-state index in [1.807, 2.05) is 0 Å². The Morgan fingerprint density at radius 1 is 0.964 bits per heavy atom. The summed E-state index contributed by atoms with van der Waals surface area (Å²) in [4.78, 5) is 35.5. The van der Waals surface area contributed by atoms with Crippen LogP contribution in [0.4, 0.5) is 0 Å². The summed E-state index contributed by atoms with van der Waals surface area (Å²) >= 11 is 0. The molecule has 0 N–H and O–H groups in total. The molecule has 0 atom stereocenters. The average molecular weight is 390 g/mol. The Bertz CT molecular complexity index is 943. The molecular formula is C20H22O8. The van der Waals surface area contributed by atoms with E-state index in [1.165, 1.54) is 6.07 Å². The van der Waals surface area contributed by atoms with E-state index in [9.17, 15) is 14.4 Å². The number of carbonyl (C=O) groups is 2. The SMILES string of the molecule is CCOC(=O)COc1cc(OCC(=O)OCC)c2c3c(c(=O)oc2c1)CCC3. The second-order valence-corrected chi connectivity index (χ2v) is 6.18. The molecule has 150 valence electrons. The van der Waals surface area contributed by atoms with Crippen LogP contribution in [0.25, 0.3) is 11.0 Å². The van der Waals surface area contributed by atoms with Gasteiger partial charge in [-0.2, -0.15) is 0 Å². The highest BCUT2D eigenvalue weighted by Gasteiger charge is 2.23. The normalized spacial score (nSPS) is 12.5. The maximum atomic E-state index is 12.3. The fraction of sp³-hybridized carbons (Fsp3) is 0.450. The van der Waals surface area contributed by atoms with Gasteiger partial charge in [-0.05, 0) is 38.7 Å². The number of esters is 2. The Morgan fingerprint density at radius 3 is 2.29 bits per heavy atom. The van der Waals surface area contributed by atoms with E-state index in [4.69, 9.17) is 23.4 Å². The molecule has 1 aliphatic rings. The summed E-state index contributed by atoms with van der Waals surface area (Å²) in [5, 5.41) is 0.639. The topological polar surface area (TPSA) is 101 Å². The van der Waals surface area contributed by atoms with Crippen molar-refractivity contribution in [2.45, 2.75) is 33.1 Å². The van der Waals surface area contributed by atoms with Crippen LogP contribution in [0.2, 0.25) is 0 Å². The summed E-state index contributed by atoms with van der Waals surface area (Å²) < 4.78 is 26.3. The lowest BCUT2D eigenvalue weighted by atomic mass is 10.1. The van der Waals surface area contributed by atoms with Gasteiger partial charge in [0.2, 0.25) is 0 Å². The van der Waals surface area contributed by atoms with Crippen LogP contribution in [0.3, 0.4) is 0 Å². The molecule has 0 radical (unpaired) electrons. The largest absolute Gasteiger partial charge is 0.482 e. The molecular weight excluding hydrogens is 368 g/mol. The molecule has 0 fully saturated rings. The zero-order valence-corrected chi connectivity index (χ0v) is 15.9. The molecule has 3 rings (SSSR count). The van der Waals surface area contributed by atoms with Crippen molar-refractivity contribution in [3.05, 3.63) is 33.7 Å². The minimum Gasteiger partial charge on any atom is -0.482 e. The number of hydrogen-bond acceptors (Lipinski definition) is 8. The lowest BCUT2D eigenvalue weighted by Crippen LogP contribution is -2.16. The smallest absolute Gasteiger partial charge is 0.344 e. The van der Waals surface area contributed by atoms with Gasteiger partial charge in [-0.3, -0.25) is 0 Å². The molecule has 0 aliphatic heterocycles. The molecule has 8 heteroatoms. The number of benzene rings is 1. The summed E-state index contributed by atoms with van der Waals surface area (Å²) in [6.45, 7) is 3.30. The quantitative estimate of drug-likeness (QED) is 0.499. The molecule has 0 amide bonds. The van der Waals surface area contributed by atoms with Crippen molar-refractivity contribution in [1.29, 1.82) is 0 Å². The third kappa shape index (κ3) is 4.27. The van der Waals surface area contributed by atoms with E-state index in [1.54, 1.807) is 19.9 Å². The van der Waals surface area contributed by atoms with Crippen molar-refractivity contribution >= 4 is 22.9 Å². The summed E-state index contributed by atoms with van der Waals surface area (Å²) in [6.07, 6.45) is 2.21. The predicted molar refractivity (Wildman–Crippen MR) is 98.8 cm³/mol. The number of hydrogen-bond donors (Lipinski definition) is 0. The third-order valence-corrected chi connectivity index (χ3v) is 4.32. The molecule has 28 heavy (non-hydrogen) atoms. The summed E-state index contributed by atoms with van der Waals surface area (Å²) in [7, 11) is 0. The first-order chi connectivity index (χ1) is 13.5. The van der Waals surface area contributed by atoms with Gasteiger partial charge in [0.05, 0.1) is 18.6 Å². The highest BCUT2D eigenvalue weighted by atomic mass is 16.6. The number of rotatable bonds is 8. The van der Waals surface area contributed by atoms with Crippen LogP contribution < -0.4 is 15.1 Å². The molecule has 1 aromatic heterocycles. The van der Waals surface area contributed by atoms with Gasteiger partial charge >= 0.3 is 17.6 Å². The van der Waals surface area contributed by atoms with E-state index in [0.29, 0.717) is 23.1 Å². The fourth-order valence-corrected chi connectivity index (χ4v) is 3.23. The molecule has 0 saturated carbocycles. The van der Waals surface area contributed by atoms with Gasteiger partial charge < -0.3 is 23.4 Å². The van der Waals surface area contributed by atoms with E-state index in [2.05, 4.69) is 0 Å². The number of fused-ring (bicyclic) bond motifs is 3.